The number of para-hydroxylation sites is 1. The molecule has 0 spiro atoms. The Morgan fingerprint density at radius 1 is 1.04 bits per heavy atom. The Balaban J connectivity index is 1.46. The van der Waals surface area contributed by atoms with Gasteiger partial charge in [-0.1, -0.05) is 37.5 Å². The Labute approximate surface area is 135 Å². The third-order valence-electron chi connectivity index (χ3n) is 4.25. The molecule has 0 bridgehead atoms. The van der Waals surface area contributed by atoms with Crippen molar-refractivity contribution in [2.24, 2.45) is 0 Å². The van der Waals surface area contributed by atoms with Crippen LogP contribution in [0.15, 0.2) is 36.5 Å². The van der Waals surface area contributed by atoms with E-state index in [9.17, 15) is 9.59 Å². The minimum atomic E-state index is -0.345. The van der Waals surface area contributed by atoms with Crippen LogP contribution in [0.4, 0.5) is 4.79 Å². The number of hydrogen-bond donors (Lipinski definition) is 3. The van der Waals surface area contributed by atoms with E-state index in [1.165, 1.54) is 6.42 Å². The second-order valence-electron chi connectivity index (χ2n) is 5.98. The van der Waals surface area contributed by atoms with Gasteiger partial charge in [0.15, 0.2) is 0 Å². The molecule has 1 saturated carbocycles. The monoisotopic (exact) mass is 314 g/mol. The van der Waals surface area contributed by atoms with E-state index in [2.05, 4.69) is 16.2 Å². The molecule has 0 saturated heterocycles. The molecule has 23 heavy (non-hydrogen) atoms. The van der Waals surface area contributed by atoms with Crippen molar-refractivity contribution in [2.45, 2.75) is 44.7 Å². The van der Waals surface area contributed by atoms with E-state index >= 15 is 0 Å². The van der Waals surface area contributed by atoms with Gasteiger partial charge in [0.1, 0.15) is 6.54 Å². The lowest BCUT2D eigenvalue weighted by molar-refractivity contribution is -0.122. The van der Waals surface area contributed by atoms with Crippen LogP contribution in [-0.4, -0.2) is 22.5 Å². The van der Waals surface area contributed by atoms with Crippen LogP contribution in [0.2, 0.25) is 0 Å². The van der Waals surface area contributed by atoms with Gasteiger partial charge in [-0.3, -0.25) is 10.2 Å². The first kappa shape index (κ1) is 15.4. The Hall–Kier alpha value is -2.50. The van der Waals surface area contributed by atoms with Gasteiger partial charge in [0.2, 0.25) is 0 Å². The summed E-state index contributed by atoms with van der Waals surface area (Å²) in [6.45, 7) is 0.164. The average molecular weight is 314 g/mol. The van der Waals surface area contributed by atoms with Gasteiger partial charge < -0.3 is 9.88 Å². The fraction of sp³-hybridized carbons (Fsp3) is 0.412. The second-order valence-corrected chi connectivity index (χ2v) is 5.98. The predicted molar refractivity (Wildman–Crippen MR) is 88.6 cm³/mol. The van der Waals surface area contributed by atoms with Gasteiger partial charge in [0, 0.05) is 17.8 Å². The quantitative estimate of drug-likeness (QED) is 0.761. The minimum absolute atomic E-state index is 0.164. The van der Waals surface area contributed by atoms with Crippen molar-refractivity contribution in [3.63, 3.8) is 0 Å². The third-order valence-corrected chi connectivity index (χ3v) is 4.25. The van der Waals surface area contributed by atoms with E-state index in [4.69, 9.17) is 0 Å². The first-order valence-corrected chi connectivity index (χ1v) is 8.11. The Kier molecular flexibility index (Phi) is 4.80. The Morgan fingerprint density at radius 3 is 2.65 bits per heavy atom. The molecule has 0 radical (unpaired) electrons. The van der Waals surface area contributed by atoms with Crippen LogP contribution < -0.4 is 16.2 Å². The van der Waals surface area contributed by atoms with Gasteiger partial charge in [-0.2, -0.15) is 0 Å². The second kappa shape index (κ2) is 7.17. The summed E-state index contributed by atoms with van der Waals surface area (Å²) < 4.78 is 1.85. The molecule has 6 heteroatoms. The highest BCUT2D eigenvalue weighted by atomic mass is 16.2. The number of carbonyl (C=O) groups excluding carboxylic acids is 2. The molecule has 0 aliphatic heterocycles. The van der Waals surface area contributed by atoms with Crippen molar-refractivity contribution in [2.75, 3.05) is 0 Å². The molecule has 1 aliphatic rings. The number of aromatic nitrogens is 1. The number of fused-ring (bicyclic) bond motifs is 1. The molecule has 0 atom stereocenters. The average Bonchev–Trinajstić information content (AvgIpc) is 2.97. The summed E-state index contributed by atoms with van der Waals surface area (Å²) in [5.41, 5.74) is 5.88. The summed E-state index contributed by atoms with van der Waals surface area (Å²) in [6.07, 6.45) is 7.43. The van der Waals surface area contributed by atoms with Crippen LogP contribution in [0.1, 0.15) is 32.1 Å². The van der Waals surface area contributed by atoms with Gasteiger partial charge in [-0.15, -0.1) is 0 Å². The van der Waals surface area contributed by atoms with Crippen molar-refractivity contribution in [3.05, 3.63) is 36.5 Å². The van der Waals surface area contributed by atoms with E-state index < -0.39 is 0 Å². The summed E-state index contributed by atoms with van der Waals surface area (Å²) in [5, 5.41) is 3.98. The maximum Gasteiger partial charge on any atom is 0.333 e. The highest BCUT2D eigenvalue weighted by Gasteiger charge is 2.15. The van der Waals surface area contributed by atoms with E-state index in [0.29, 0.717) is 0 Å². The largest absolute Gasteiger partial charge is 0.338 e. The lowest BCUT2D eigenvalue weighted by Gasteiger charge is -2.22. The molecule has 122 valence electrons. The normalized spacial score (nSPS) is 15.3. The SMILES string of the molecule is O=C(Cn1ccc2ccccc21)NNC(=O)NC1CCCCC1. The van der Waals surface area contributed by atoms with E-state index in [1.54, 1.807) is 0 Å². The highest BCUT2D eigenvalue weighted by molar-refractivity contribution is 5.84. The zero-order valence-electron chi connectivity index (χ0n) is 13.0. The molecular formula is C17H22N4O2. The topological polar surface area (TPSA) is 75.2 Å². The van der Waals surface area contributed by atoms with Gasteiger partial charge in [0.05, 0.1) is 0 Å². The molecule has 1 aliphatic carbocycles. The molecule has 0 unspecified atom stereocenters. The van der Waals surface area contributed by atoms with Crippen LogP contribution in [0.3, 0.4) is 0 Å². The molecule has 3 amide bonds. The molecule has 6 nitrogen and oxygen atoms in total. The number of benzene rings is 1. The zero-order valence-corrected chi connectivity index (χ0v) is 13.0. The van der Waals surface area contributed by atoms with Gasteiger partial charge in [-0.05, 0) is 30.4 Å². The molecule has 1 fully saturated rings. The minimum Gasteiger partial charge on any atom is -0.338 e. The summed E-state index contributed by atoms with van der Waals surface area (Å²) in [4.78, 5) is 23.8. The number of amides is 3. The number of rotatable bonds is 3. The lowest BCUT2D eigenvalue weighted by Crippen LogP contribution is -2.50. The van der Waals surface area contributed by atoms with Crippen molar-refractivity contribution >= 4 is 22.8 Å². The maximum absolute atomic E-state index is 12.0. The van der Waals surface area contributed by atoms with Crippen molar-refractivity contribution in [3.8, 4) is 0 Å². The number of nitrogens with zero attached hydrogens (tertiary/aromatic N) is 1. The lowest BCUT2D eigenvalue weighted by atomic mass is 9.96. The van der Waals surface area contributed by atoms with Crippen LogP contribution in [0.25, 0.3) is 10.9 Å². The van der Waals surface area contributed by atoms with Crippen LogP contribution in [-0.2, 0) is 11.3 Å². The van der Waals surface area contributed by atoms with Crippen LogP contribution >= 0.6 is 0 Å². The third kappa shape index (κ3) is 4.03. The van der Waals surface area contributed by atoms with Gasteiger partial charge in [0.25, 0.3) is 5.91 Å². The van der Waals surface area contributed by atoms with Crippen LogP contribution in [0, 0.1) is 0 Å². The van der Waals surface area contributed by atoms with E-state index in [-0.39, 0.29) is 24.5 Å². The fourth-order valence-corrected chi connectivity index (χ4v) is 3.07. The number of urea groups is 1. The van der Waals surface area contributed by atoms with E-state index in [1.807, 2.05) is 41.1 Å². The molecular weight excluding hydrogens is 292 g/mol. The number of carbonyl (C=O) groups is 2. The fourth-order valence-electron chi connectivity index (χ4n) is 3.07. The Morgan fingerprint density at radius 2 is 1.83 bits per heavy atom. The summed E-state index contributed by atoms with van der Waals surface area (Å²) in [6, 6.07) is 9.70. The molecule has 3 N–H and O–H groups in total. The standard InChI is InChI=1S/C17H22N4O2/c22-16(12-21-11-10-13-6-4-5-9-15(13)21)19-20-17(23)18-14-7-2-1-3-8-14/h4-6,9-11,14H,1-3,7-8,12H2,(H,19,22)(H2,18,20,23). The van der Waals surface area contributed by atoms with Crippen molar-refractivity contribution in [1.82, 2.24) is 20.7 Å². The smallest absolute Gasteiger partial charge is 0.333 e. The summed E-state index contributed by atoms with van der Waals surface area (Å²) in [7, 11) is 0. The van der Waals surface area contributed by atoms with Gasteiger partial charge in [-0.25, -0.2) is 10.2 Å². The first-order valence-electron chi connectivity index (χ1n) is 8.11. The molecule has 2 aromatic rings. The molecule has 3 rings (SSSR count). The maximum atomic E-state index is 12.0. The van der Waals surface area contributed by atoms with Crippen LogP contribution in [0.5, 0.6) is 0 Å². The first-order chi connectivity index (χ1) is 11.2. The van der Waals surface area contributed by atoms with Crippen molar-refractivity contribution in [1.29, 1.82) is 0 Å². The van der Waals surface area contributed by atoms with E-state index in [0.717, 1.165) is 36.6 Å². The number of nitrogens with one attached hydrogen (secondary N) is 3. The number of hydrogen-bond acceptors (Lipinski definition) is 2. The van der Waals surface area contributed by atoms with Crippen molar-refractivity contribution < 1.29 is 9.59 Å². The molecule has 1 aromatic carbocycles. The molecule has 1 heterocycles. The summed E-state index contributed by atoms with van der Waals surface area (Å²) in [5.74, 6) is -0.259. The predicted octanol–water partition coefficient (Wildman–Crippen LogP) is 2.30. The summed E-state index contributed by atoms with van der Waals surface area (Å²) >= 11 is 0. The highest BCUT2D eigenvalue weighted by Crippen LogP contribution is 2.17. The zero-order chi connectivity index (χ0) is 16.1. The Bertz CT molecular complexity index is 689. The number of hydrazine groups is 1. The van der Waals surface area contributed by atoms with Gasteiger partial charge >= 0.3 is 6.03 Å². The molecule has 1 aromatic heterocycles.